The number of halogens is 2. The molecule has 7 nitrogen and oxygen atoms in total. The molecule has 36 heavy (non-hydrogen) atoms. The van der Waals surface area contributed by atoms with Crippen LogP contribution in [-0.2, 0) is 0 Å². The summed E-state index contributed by atoms with van der Waals surface area (Å²) in [6.45, 7) is 4.13. The molecule has 1 unspecified atom stereocenters. The zero-order valence-electron chi connectivity index (χ0n) is 20.0. The molecule has 0 spiro atoms. The van der Waals surface area contributed by atoms with Crippen LogP contribution in [0.3, 0.4) is 0 Å². The molecule has 0 radical (unpaired) electrons. The number of pyridine rings is 1. The number of anilines is 2. The van der Waals surface area contributed by atoms with E-state index in [2.05, 4.69) is 32.0 Å². The number of ether oxygens (including phenoxy) is 1. The second kappa shape index (κ2) is 10.4. The Balaban J connectivity index is 1.42. The summed E-state index contributed by atoms with van der Waals surface area (Å²) in [4.78, 5) is 14.4. The van der Waals surface area contributed by atoms with E-state index in [1.165, 1.54) is 24.9 Å². The fraction of sp³-hybridized carbons (Fsp3) is 0.296. The van der Waals surface area contributed by atoms with Gasteiger partial charge < -0.3 is 20.4 Å². The van der Waals surface area contributed by atoms with Crippen LogP contribution in [0.1, 0.15) is 55.7 Å². The molecule has 9 heteroatoms. The Hall–Kier alpha value is -3.29. The van der Waals surface area contributed by atoms with E-state index >= 15 is 0 Å². The van der Waals surface area contributed by atoms with Crippen molar-refractivity contribution in [2.45, 2.75) is 38.7 Å². The maximum Gasteiger partial charge on any atom is 0.157 e. The normalized spacial score (nSPS) is 14.7. The third kappa shape index (κ3) is 4.86. The van der Waals surface area contributed by atoms with Crippen molar-refractivity contribution in [1.82, 2.24) is 15.0 Å². The van der Waals surface area contributed by atoms with Crippen molar-refractivity contribution in [1.29, 1.82) is 5.41 Å². The summed E-state index contributed by atoms with van der Waals surface area (Å²) in [5.74, 6) is 1.01. The van der Waals surface area contributed by atoms with Gasteiger partial charge in [-0.15, -0.1) is 0 Å². The van der Waals surface area contributed by atoms with Gasteiger partial charge in [0.1, 0.15) is 17.6 Å². The van der Waals surface area contributed by atoms with E-state index in [0.29, 0.717) is 44.9 Å². The lowest BCUT2D eigenvalue weighted by atomic mass is 10.1. The molecule has 3 heterocycles. The van der Waals surface area contributed by atoms with Gasteiger partial charge in [0.25, 0.3) is 0 Å². The zero-order valence-corrected chi connectivity index (χ0v) is 21.5. The van der Waals surface area contributed by atoms with Crippen LogP contribution < -0.4 is 15.4 Å². The van der Waals surface area contributed by atoms with E-state index in [4.69, 9.17) is 39.1 Å². The van der Waals surface area contributed by atoms with Gasteiger partial charge in [-0.05, 0) is 62.1 Å². The lowest BCUT2D eigenvalue weighted by Gasteiger charge is -2.28. The first-order valence-corrected chi connectivity index (χ1v) is 12.9. The van der Waals surface area contributed by atoms with Crippen molar-refractivity contribution >= 4 is 51.3 Å². The molecule has 0 amide bonds. The molecule has 1 aliphatic rings. The molecule has 1 fully saturated rings. The Bertz CT molecular complexity index is 1390. The largest absolute Gasteiger partial charge is 0.486 e. The minimum atomic E-state index is -0.377. The minimum Gasteiger partial charge on any atom is -0.486 e. The average molecular weight is 523 g/mol. The third-order valence-corrected chi connectivity index (χ3v) is 7.18. The van der Waals surface area contributed by atoms with Crippen LogP contribution in [0.2, 0.25) is 10.0 Å². The molecule has 1 atom stereocenters. The highest BCUT2D eigenvalue weighted by molar-refractivity contribution is 6.35. The molecule has 1 aliphatic heterocycles. The molecule has 0 aliphatic carbocycles. The predicted molar refractivity (Wildman–Crippen MR) is 147 cm³/mol. The molecule has 2 aromatic heterocycles. The number of nitrogens with two attached hydrogens (primary N) is 1. The lowest BCUT2D eigenvalue weighted by Crippen LogP contribution is -2.29. The number of piperidine rings is 1. The summed E-state index contributed by atoms with van der Waals surface area (Å²) in [5, 5.41) is 9.76. The molecule has 4 aromatic rings. The SMILES string of the molecule is CCC(Oc1ccc(N)c(C(=N)c2nc3ccc(N4CCCCC4)cc3[nH]2)c1)c1c(Cl)cncc1Cl. The number of nitrogen functional groups attached to an aromatic ring is 1. The summed E-state index contributed by atoms with van der Waals surface area (Å²) in [6, 6.07) is 11.5. The predicted octanol–water partition coefficient (Wildman–Crippen LogP) is 6.78. The molecule has 0 saturated carbocycles. The van der Waals surface area contributed by atoms with Gasteiger partial charge in [-0.1, -0.05) is 30.1 Å². The maximum absolute atomic E-state index is 8.86. The summed E-state index contributed by atoms with van der Waals surface area (Å²) in [5.41, 5.74) is 11.0. The average Bonchev–Trinajstić information content (AvgIpc) is 3.32. The quantitative estimate of drug-likeness (QED) is 0.183. The highest BCUT2D eigenvalue weighted by Crippen LogP contribution is 2.35. The number of rotatable bonds is 7. The van der Waals surface area contributed by atoms with Crippen LogP contribution in [0.15, 0.2) is 48.8 Å². The highest BCUT2D eigenvalue weighted by Gasteiger charge is 2.21. The van der Waals surface area contributed by atoms with Gasteiger partial charge in [-0.25, -0.2) is 4.98 Å². The number of hydrogen-bond acceptors (Lipinski definition) is 6. The number of nitrogens with one attached hydrogen (secondary N) is 2. The smallest absolute Gasteiger partial charge is 0.157 e. The Morgan fingerprint density at radius 2 is 1.86 bits per heavy atom. The fourth-order valence-corrected chi connectivity index (χ4v) is 5.27. The molecule has 4 N–H and O–H groups in total. The van der Waals surface area contributed by atoms with Gasteiger partial charge >= 0.3 is 0 Å². The highest BCUT2D eigenvalue weighted by atomic mass is 35.5. The van der Waals surface area contributed by atoms with Crippen LogP contribution in [0, 0.1) is 5.41 Å². The van der Waals surface area contributed by atoms with Gasteiger partial charge in [-0.3, -0.25) is 10.4 Å². The fourth-order valence-electron chi connectivity index (χ4n) is 4.66. The van der Waals surface area contributed by atoms with Crippen molar-refractivity contribution in [3.05, 3.63) is 75.8 Å². The van der Waals surface area contributed by atoms with Crippen LogP contribution in [0.25, 0.3) is 11.0 Å². The van der Waals surface area contributed by atoms with E-state index in [-0.39, 0.29) is 11.8 Å². The lowest BCUT2D eigenvalue weighted by molar-refractivity contribution is 0.201. The third-order valence-electron chi connectivity index (χ3n) is 6.58. The molecule has 186 valence electrons. The molecular weight excluding hydrogens is 495 g/mol. The first kappa shape index (κ1) is 24.4. The van der Waals surface area contributed by atoms with Crippen molar-refractivity contribution < 1.29 is 4.74 Å². The number of benzene rings is 2. The summed E-state index contributed by atoms with van der Waals surface area (Å²) in [7, 11) is 0. The summed E-state index contributed by atoms with van der Waals surface area (Å²) in [6.07, 6.45) is 7.09. The van der Waals surface area contributed by atoms with Crippen LogP contribution in [0.4, 0.5) is 11.4 Å². The van der Waals surface area contributed by atoms with E-state index in [1.54, 1.807) is 30.6 Å². The van der Waals surface area contributed by atoms with Crippen molar-refractivity contribution in [2.75, 3.05) is 23.7 Å². The number of aromatic nitrogens is 3. The van der Waals surface area contributed by atoms with Crippen LogP contribution in [0.5, 0.6) is 5.75 Å². The van der Waals surface area contributed by atoms with Gasteiger partial charge in [0.05, 0.1) is 21.1 Å². The molecular formula is C27H28Cl2N6O. The Morgan fingerprint density at radius 1 is 1.11 bits per heavy atom. The molecule has 5 rings (SSSR count). The van der Waals surface area contributed by atoms with Crippen LogP contribution in [-0.4, -0.2) is 33.8 Å². The number of nitrogens with zero attached hydrogens (tertiary/aromatic N) is 3. The van der Waals surface area contributed by atoms with Crippen molar-refractivity contribution in [2.24, 2.45) is 0 Å². The number of H-pyrrole nitrogens is 1. The van der Waals surface area contributed by atoms with E-state index < -0.39 is 0 Å². The van der Waals surface area contributed by atoms with E-state index in [0.717, 1.165) is 24.1 Å². The Labute approximate surface area is 220 Å². The van der Waals surface area contributed by atoms with Gasteiger partial charge in [0.2, 0.25) is 0 Å². The first-order chi connectivity index (χ1) is 17.4. The molecule has 0 bridgehead atoms. The second-order valence-electron chi connectivity index (χ2n) is 8.99. The standard InChI is InChI=1S/C27H28Cl2N6O/c1-2-24(25-19(28)14-32-15-20(25)29)36-17-7-8-21(30)18(13-17)26(31)27-33-22-9-6-16(12-23(22)34-27)35-10-4-3-5-11-35/h6-9,12-15,24,31H,2-5,10-11,30H2,1H3,(H,33,34). The Kier molecular flexibility index (Phi) is 7.03. The summed E-state index contributed by atoms with van der Waals surface area (Å²) < 4.78 is 6.25. The minimum absolute atomic E-state index is 0.196. The second-order valence-corrected chi connectivity index (χ2v) is 9.80. The maximum atomic E-state index is 8.86. The van der Waals surface area contributed by atoms with Gasteiger partial charge in [0, 0.05) is 48.0 Å². The first-order valence-electron chi connectivity index (χ1n) is 12.1. The Morgan fingerprint density at radius 3 is 2.58 bits per heavy atom. The van der Waals surface area contributed by atoms with Crippen molar-refractivity contribution in [3.63, 3.8) is 0 Å². The number of aromatic amines is 1. The number of imidazole rings is 1. The molecule has 2 aromatic carbocycles. The molecule has 1 saturated heterocycles. The topological polar surface area (TPSA) is 104 Å². The monoisotopic (exact) mass is 522 g/mol. The summed E-state index contributed by atoms with van der Waals surface area (Å²) >= 11 is 12.7. The number of fused-ring (bicyclic) bond motifs is 1. The van der Waals surface area contributed by atoms with E-state index in [9.17, 15) is 0 Å². The number of hydrogen-bond donors (Lipinski definition) is 3. The van der Waals surface area contributed by atoms with Crippen molar-refractivity contribution in [3.8, 4) is 5.75 Å². The van der Waals surface area contributed by atoms with E-state index in [1.807, 2.05) is 13.0 Å². The van der Waals surface area contributed by atoms with Gasteiger partial charge in [0.15, 0.2) is 5.82 Å². The van der Waals surface area contributed by atoms with Crippen LogP contribution >= 0.6 is 23.2 Å². The van der Waals surface area contributed by atoms with Gasteiger partial charge in [-0.2, -0.15) is 0 Å². The zero-order chi connectivity index (χ0) is 25.2.